The number of hydrogen-bond donors (Lipinski definition) is 0. The summed E-state index contributed by atoms with van der Waals surface area (Å²) in [6.07, 6.45) is 7.03. The van der Waals surface area contributed by atoms with Gasteiger partial charge in [-0.3, -0.25) is 4.79 Å². The lowest BCUT2D eigenvalue weighted by molar-refractivity contribution is 0.0965. The molecule has 0 saturated carbocycles. The number of hydrogen-bond acceptors (Lipinski definition) is 3. The molecule has 1 fully saturated rings. The van der Waals surface area contributed by atoms with Crippen molar-refractivity contribution < 1.29 is 9.53 Å². The van der Waals surface area contributed by atoms with Gasteiger partial charge in [0.15, 0.2) is 5.78 Å². The highest BCUT2D eigenvalue weighted by Crippen LogP contribution is 2.29. The van der Waals surface area contributed by atoms with Crippen LogP contribution in [0.15, 0.2) is 18.2 Å². The minimum absolute atomic E-state index is 0.238. The van der Waals surface area contributed by atoms with Crippen molar-refractivity contribution in [2.24, 2.45) is 0 Å². The Hall–Kier alpha value is -1.35. The van der Waals surface area contributed by atoms with Crippen LogP contribution in [0.25, 0.3) is 0 Å². The molecule has 3 nitrogen and oxygen atoms in total. The Morgan fingerprint density at radius 1 is 1.24 bits per heavy atom. The van der Waals surface area contributed by atoms with Gasteiger partial charge in [-0.2, -0.15) is 0 Å². The third kappa shape index (κ3) is 3.65. The van der Waals surface area contributed by atoms with Crippen molar-refractivity contribution in [3.05, 3.63) is 29.3 Å². The van der Waals surface area contributed by atoms with Gasteiger partial charge in [-0.05, 0) is 56.6 Å². The zero-order valence-corrected chi connectivity index (χ0v) is 12.9. The fourth-order valence-electron chi connectivity index (χ4n) is 3.36. The molecule has 0 aliphatic carbocycles. The highest BCUT2D eigenvalue weighted by molar-refractivity contribution is 5.96. The van der Waals surface area contributed by atoms with Crippen molar-refractivity contribution in [2.45, 2.75) is 51.6 Å². The number of likely N-dealkylation sites (tertiary alicyclic amines) is 1. The van der Waals surface area contributed by atoms with E-state index >= 15 is 0 Å². The van der Waals surface area contributed by atoms with E-state index in [0.717, 1.165) is 37.4 Å². The molecule has 1 aromatic rings. The molecule has 3 rings (SSSR count). The largest absolute Gasteiger partial charge is 0.490 e. The minimum Gasteiger partial charge on any atom is -0.490 e. The van der Waals surface area contributed by atoms with Gasteiger partial charge in [0, 0.05) is 24.9 Å². The summed E-state index contributed by atoms with van der Waals surface area (Å²) in [5.74, 6) is 1.22. The fourth-order valence-corrected chi connectivity index (χ4v) is 3.36. The molecule has 2 heterocycles. The molecule has 2 aliphatic rings. The van der Waals surface area contributed by atoms with Crippen LogP contribution in [0.1, 0.15) is 54.9 Å². The van der Waals surface area contributed by atoms with E-state index in [1.165, 1.54) is 31.2 Å². The summed E-state index contributed by atoms with van der Waals surface area (Å²) in [6, 6.07) is 5.91. The van der Waals surface area contributed by atoms with Crippen molar-refractivity contribution in [3.8, 4) is 5.75 Å². The highest BCUT2D eigenvalue weighted by Gasteiger charge is 2.20. The number of carbonyl (C=O) groups is 1. The number of fused-ring (bicyclic) bond motifs is 1. The van der Waals surface area contributed by atoms with Crippen LogP contribution in [0.2, 0.25) is 0 Å². The molecule has 1 atom stereocenters. The van der Waals surface area contributed by atoms with Crippen LogP contribution in [-0.2, 0) is 6.42 Å². The van der Waals surface area contributed by atoms with E-state index < -0.39 is 0 Å². The Balaban J connectivity index is 1.57. The van der Waals surface area contributed by atoms with Gasteiger partial charge < -0.3 is 9.64 Å². The first-order valence-electron chi connectivity index (χ1n) is 8.27. The van der Waals surface area contributed by atoms with Crippen molar-refractivity contribution in [1.29, 1.82) is 0 Å². The number of ether oxygens (including phenoxy) is 1. The quantitative estimate of drug-likeness (QED) is 0.794. The van der Waals surface area contributed by atoms with Crippen LogP contribution in [0.5, 0.6) is 5.75 Å². The number of benzene rings is 1. The predicted molar refractivity (Wildman–Crippen MR) is 84.1 cm³/mol. The molecule has 1 aromatic carbocycles. The lowest BCUT2D eigenvalue weighted by Crippen LogP contribution is -2.27. The number of carbonyl (C=O) groups excluding carboxylic acids is 1. The Morgan fingerprint density at radius 3 is 2.76 bits per heavy atom. The lowest BCUT2D eigenvalue weighted by atomic mass is 10.0. The molecule has 0 radical (unpaired) electrons. The van der Waals surface area contributed by atoms with E-state index in [4.69, 9.17) is 4.74 Å². The third-order valence-electron chi connectivity index (χ3n) is 4.57. The first kappa shape index (κ1) is 14.6. The van der Waals surface area contributed by atoms with E-state index in [2.05, 4.69) is 11.8 Å². The average molecular weight is 287 g/mol. The number of nitrogens with zero attached hydrogens (tertiary/aromatic N) is 1. The predicted octanol–water partition coefficient (Wildman–Crippen LogP) is 3.46. The van der Waals surface area contributed by atoms with E-state index in [-0.39, 0.29) is 11.9 Å². The smallest absolute Gasteiger partial charge is 0.164 e. The van der Waals surface area contributed by atoms with Gasteiger partial charge in [-0.15, -0.1) is 0 Å². The van der Waals surface area contributed by atoms with Crippen molar-refractivity contribution >= 4 is 5.78 Å². The van der Waals surface area contributed by atoms with Gasteiger partial charge in [0.05, 0.1) is 0 Å². The van der Waals surface area contributed by atoms with E-state index in [9.17, 15) is 4.79 Å². The molecule has 0 unspecified atom stereocenters. The second-order valence-electron chi connectivity index (χ2n) is 6.38. The Bertz CT molecular complexity index is 504. The van der Waals surface area contributed by atoms with Gasteiger partial charge in [0.1, 0.15) is 11.9 Å². The van der Waals surface area contributed by atoms with Crippen LogP contribution < -0.4 is 4.74 Å². The molecule has 21 heavy (non-hydrogen) atoms. The molecule has 0 amide bonds. The summed E-state index contributed by atoms with van der Waals surface area (Å²) in [7, 11) is 0. The third-order valence-corrected chi connectivity index (χ3v) is 4.57. The monoisotopic (exact) mass is 287 g/mol. The molecular weight excluding hydrogens is 262 g/mol. The topological polar surface area (TPSA) is 29.5 Å². The van der Waals surface area contributed by atoms with E-state index in [1.54, 1.807) is 0 Å². The van der Waals surface area contributed by atoms with Crippen LogP contribution in [-0.4, -0.2) is 36.4 Å². The SMILES string of the molecule is C[C@@H]1Cc2cc(C(=O)CCN3CCCCCC3)ccc2O1. The second kappa shape index (κ2) is 6.61. The van der Waals surface area contributed by atoms with E-state index in [0.29, 0.717) is 6.42 Å². The zero-order chi connectivity index (χ0) is 14.7. The normalized spacial score (nSPS) is 22.4. The van der Waals surface area contributed by atoms with Gasteiger partial charge in [0.25, 0.3) is 0 Å². The summed E-state index contributed by atoms with van der Waals surface area (Å²) in [6.45, 7) is 5.29. The summed E-state index contributed by atoms with van der Waals surface area (Å²) in [4.78, 5) is 14.8. The zero-order valence-electron chi connectivity index (χ0n) is 12.9. The number of rotatable bonds is 4. The first-order chi connectivity index (χ1) is 10.2. The van der Waals surface area contributed by atoms with Crippen LogP contribution in [0, 0.1) is 0 Å². The maximum Gasteiger partial charge on any atom is 0.164 e. The van der Waals surface area contributed by atoms with Gasteiger partial charge in [-0.25, -0.2) is 0 Å². The Morgan fingerprint density at radius 2 is 2.00 bits per heavy atom. The summed E-state index contributed by atoms with van der Waals surface area (Å²) >= 11 is 0. The van der Waals surface area contributed by atoms with Crippen LogP contribution in [0.3, 0.4) is 0 Å². The van der Waals surface area contributed by atoms with E-state index in [1.807, 2.05) is 18.2 Å². The van der Waals surface area contributed by atoms with Crippen molar-refractivity contribution in [1.82, 2.24) is 4.90 Å². The second-order valence-corrected chi connectivity index (χ2v) is 6.38. The number of Topliss-reactive ketones (excluding diaryl/α,β-unsaturated/α-hetero) is 1. The Labute approximate surface area is 127 Å². The molecule has 2 aliphatic heterocycles. The molecule has 3 heteroatoms. The van der Waals surface area contributed by atoms with Gasteiger partial charge >= 0.3 is 0 Å². The highest BCUT2D eigenvalue weighted by atomic mass is 16.5. The maximum absolute atomic E-state index is 12.4. The molecule has 0 bridgehead atoms. The lowest BCUT2D eigenvalue weighted by Gasteiger charge is -2.19. The van der Waals surface area contributed by atoms with Gasteiger partial charge in [-0.1, -0.05) is 12.8 Å². The molecule has 0 aromatic heterocycles. The molecule has 0 N–H and O–H groups in total. The minimum atomic E-state index is 0.238. The summed E-state index contributed by atoms with van der Waals surface area (Å²) in [5, 5.41) is 0. The first-order valence-corrected chi connectivity index (χ1v) is 8.27. The van der Waals surface area contributed by atoms with Gasteiger partial charge in [0.2, 0.25) is 0 Å². The Kier molecular flexibility index (Phi) is 4.59. The molecule has 114 valence electrons. The molecule has 0 spiro atoms. The number of ketones is 1. The van der Waals surface area contributed by atoms with Crippen LogP contribution >= 0.6 is 0 Å². The fraction of sp³-hybridized carbons (Fsp3) is 0.611. The maximum atomic E-state index is 12.4. The molecule has 1 saturated heterocycles. The molecular formula is C18H25NO2. The van der Waals surface area contributed by atoms with Crippen molar-refractivity contribution in [2.75, 3.05) is 19.6 Å². The standard InChI is InChI=1S/C18H25NO2/c1-14-12-16-13-15(6-7-18(16)21-14)17(20)8-11-19-9-4-2-3-5-10-19/h6-7,13-14H,2-5,8-12H2,1H3/t14-/m1/s1. The van der Waals surface area contributed by atoms with Crippen LogP contribution in [0.4, 0.5) is 0 Å². The summed E-state index contributed by atoms with van der Waals surface area (Å²) < 4.78 is 5.69. The summed E-state index contributed by atoms with van der Waals surface area (Å²) in [5.41, 5.74) is 2.03. The average Bonchev–Trinajstić information content (AvgIpc) is 2.69. The van der Waals surface area contributed by atoms with Crippen molar-refractivity contribution in [3.63, 3.8) is 0 Å².